The van der Waals surface area contributed by atoms with Crippen molar-refractivity contribution in [1.82, 2.24) is 14.1 Å². The Balaban J connectivity index is 1.35. The van der Waals surface area contributed by atoms with Gasteiger partial charge < -0.3 is 24.0 Å². The van der Waals surface area contributed by atoms with E-state index >= 15 is 0 Å². The molecule has 0 bridgehead atoms. The van der Waals surface area contributed by atoms with Crippen LogP contribution in [0.25, 0.3) is 0 Å². The number of ether oxygens (including phenoxy) is 3. The first-order chi connectivity index (χ1) is 18.2. The predicted molar refractivity (Wildman–Crippen MR) is 141 cm³/mol. The minimum absolute atomic E-state index is 0.139. The first-order valence-corrected chi connectivity index (χ1v) is 14.2. The van der Waals surface area contributed by atoms with Gasteiger partial charge in [-0.3, -0.25) is 9.59 Å². The van der Waals surface area contributed by atoms with Gasteiger partial charge >= 0.3 is 0 Å². The van der Waals surface area contributed by atoms with Crippen molar-refractivity contribution in [2.24, 2.45) is 0 Å². The van der Waals surface area contributed by atoms with E-state index < -0.39 is 10.0 Å². The molecule has 2 aliphatic rings. The van der Waals surface area contributed by atoms with Crippen LogP contribution < -0.4 is 9.47 Å². The molecule has 4 rings (SSSR count). The average molecular weight is 546 g/mol. The molecule has 2 aromatic rings. The minimum atomic E-state index is -3.64. The third-order valence-corrected chi connectivity index (χ3v) is 8.75. The SMILES string of the molecule is COc1cc(C(=O)N2CCN(S(=O)(=O)c3ccc(C(C)C)cc3)CC2)ccc1OCC(=O)N1CCOCC1. The molecule has 0 N–H and O–H groups in total. The maximum absolute atomic E-state index is 13.2. The molecular weight excluding hydrogens is 510 g/mol. The number of nitrogens with zero attached hydrogens (tertiary/aromatic N) is 3. The van der Waals surface area contributed by atoms with Crippen molar-refractivity contribution in [3.8, 4) is 11.5 Å². The van der Waals surface area contributed by atoms with Crippen LogP contribution in [0.3, 0.4) is 0 Å². The fraction of sp³-hybridized carbons (Fsp3) is 0.481. The molecule has 2 saturated heterocycles. The number of carbonyl (C=O) groups is 2. The second kappa shape index (κ2) is 12.1. The maximum atomic E-state index is 13.2. The molecule has 11 heteroatoms. The summed E-state index contributed by atoms with van der Waals surface area (Å²) < 4.78 is 44.0. The number of hydrogen-bond acceptors (Lipinski definition) is 7. The quantitative estimate of drug-likeness (QED) is 0.501. The average Bonchev–Trinajstić information content (AvgIpc) is 2.96. The highest BCUT2D eigenvalue weighted by Crippen LogP contribution is 2.29. The zero-order valence-electron chi connectivity index (χ0n) is 22.1. The van der Waals surface area contributed by atoms with Crippen LogP contribution in [-0.2, 0) is 19.6 Å². The van der Waals surface area contributed by atoms with Crippen LogP contribution in [0.4, 0.5) is 0 Å². The van der Waals surface area contributed by atoms with E-state index in [9.17, 15) is 18.0 Å². The molecular formula is C27H35N3O7S. The molecule has 0 radical (unpaired) electrons. The summed E-state index contributed by atoms with van der Waals surface area (Å²) >= 11 is 0. The van der Waals surface area contributed by atoms with E-state index in [0.717, 1.165) is 5.56 Å². The number of methoxy groups -OCH3 is 1. The topological polar surface area (TPSA) is 106 Å². The van der Waals surface area contributed by atoms with Gasteiger partial charge in [-0.05, 0) is 41.8 Å². The van der Waals surface area contributed by atoms with Crippen molar-refractivity contribution in [2.75, 3.05) is 66.2 Å². The molecule has 0 atom stereocenters. The van der Waals surface area contributed by atoms with Crippen LogP contribution in [-0.4, -0.2) is 101 Å². The van der Waals surface area contributed by atoms with Gasteiger partial charge in [0.05, 0.1) is 25.2 Å². The van der Waals surface area contributed by atoms with Gasteiger partial charge in [0.25, 0.3) is 11.8 Å². The first-order valence-electron chi connectivity index (χ1n) is 12.8. The van der Waals surface area contributed by atoms with E-state index in [-0.39, 0.29) is 49.5 Å². The molecule has 2 fully saturated rings. The first kappa shape index (κ1) is 27.9. The van der Waals surface area contributed by atoms with Crippen molar-refractivity contribution in [3.63, 3.8) is 0 Å². The van der Waals surface area contributed by atoms with Gasteiger partial charge in [0.15, 0.2) is 18.1 Å². The van der Waals surface area contributed by atoms with Crippen molar-refractivity contribution < 1.29 is 32.2 Å². The Kier molecular flexibility index (Phi) is 8.91. The van der Waals surface area contributed by atoms with E-state index in [1.165, 1.54) is 11.4 Å². The second-order valence-electron chi connectivity index (χ2n) is 9.57. The van der Waals surface area contributed by atoms with E-state index in [0.29, 0.717) is 49.3 Å². The number of amides is 2. The normalized spacial score (nSPS) is 16.9. The van der Waals surface area contributed by atoms with Crippen LogP contribution in [0.1, 0.15) is 35.7 Å². The third kappa shape index (κ3) is 6.28. The maximum Gasteiger partial charge on any atom is 0.260 e. The van der Waals surface area contributed by atoms with Gasteiger partial charge in [-0.2, -0.15) is 4.31 Å². The number of benzene rings is 2. The smallest absolute Gasteiger partial charge is 0.260 e. The Bertz CT molecular complexity index is 1230. The highest BCUT2D eigenvalue weighted by atomic mass is 32.2. The molecule has 0 unspecified atom stereocenters. The van der Waals surface area contributed by atoms with Crippen molar-refractivity contribution in [1.29, 1.82) is 0 Å². The fourth-order valence-corrected chi connectivity index (χ4v) is 5.87. The van der Waals surface area contributed by atoms with E-state index in [1.54, 1.807) is 40.1 Å². The fourth-order valence-electron chi connectivity index (χ4n) is 4.45. The van der Waals surface area contributed by atoms with Gasteiger partial charge in [-0.1, -0.05) is 26.0 Å². The Labute approximate surface area is 224 Å². The second-order valence-corrected chi connectivity index (χ2v) is 11.5. The predicted octanol–water partition coefficient (Wildman–Crippen LogP) is 2.20. The lowest BCUT2D eigenvalue weighted by molar-refractivity contribution is -0.137. The number of rotatable bonds is 8. The van der Waals surface area contributed by atoms with Gasteiger partial charge in [-0.15, -0.1) is 0 Å². The molecule has 0 saturated carbocycles. The van der Waals surface area contributed by atoms with Gasteiger partial charge in [0.2, 0.25) is 10.0 Å². The molecule has 0 aromatic heterocycles. The molecule has 0 spiro atoms. The van der Waals surface area contributed by atoms with Gasteiger partial charge in [0, 0.05) is 44.8 Å². The van der Waals surface area contributed by atoms with Crippen LogP contribution in [0.2, 0.25) is 0 Å². The monoisotopic (exact) mass is 545 g/mol. The molecule has 2 aliphatic heterocycles. The number of piperazine rings is 1. The van der Waals surface area contributed by atoms with E-state index in [2.05, 4.69) is 13.8 Å². The Morgan fingerprint density at radius 1 is 0.895 bits per heavy atom. The summed E-state index contributed by atoms with van der Waals surface area (Å²) in [5.74, 6) is 0.664. The van der Waals surface area contributed by atoms with Gasteiger partial charge in [0.1, 0.15) is 0 Å². The lowest BCUT2D eigenvalue weighted by Crippen LogP contribution is -2.50. The highest BCUT2D eigenvalue weighted by Gasteiger charge is 2.31. The van der Waals surface area contributed by atoms with Crippen molar-refractivity contribution >= 4 is 21.8 Å². The van der Waals surface area contributed by atoms with Crippen LogP contribution in [0.15, 0.2) is 47.4 Å². The standard InChI is InChI=1S/C27H35N3O7S/c1-20(2)21-4-7-23(8-5-21)38(33,34)30-12-10-29(11-13-30)27(32)22-6-9-24(25(18-22)35-3)37-19-26(31)28-14-16-36-17-15-28/h4-9,18,20H,10-17,19H2,1-3H3. The van der Waals surface area contributed by atoms with Crippen LogP contribution in [0.5, 0.6) is 11.5 Å². The Hall–Kier alpha value is -3.15. The summed E-state index contributed by atoms with van der Waals surface area (Å²) in [7, 11) is -2.17. The Morgan fingerprint density at radius 3 is 2.16 bits per heavy atom. The van der Waals surface area contributed by atoms with Crippen molar-refractivity contribution in [2.45, 2.75) is 24.7 Å². The number of morpholine rings is 1. The summed E-state index contributed by atoms with van der Waals surface area (Å²) in [5.41, 5.74) is 1.48. The largest absolute Gasteiger partial charge is 0.493 e. The van der Waals surface area contributed by atoms with Gasteiger partial charge in [-0.25, -0.2) is 8.42 Å². The zero-order chi connectivity index (χ0) is 27.3. The van der Waals surface area contributed by atoms with E-state index in [4.69, 9.17) is 14.2 Å². The summed E-state index contributed by atoms with van der Waals surface area (Å²) in [6, 6.07) is 11.8. The number of carbonyl (C=O) groups excluding carboxylic acids is 2. The summed E-state index contributed by atoms with van der Waals surface area (Å²) in [6.45, 7) is 7.04. The zero-order valence-corrected chi connectivity index (χ0v) is 22.9. The lowest BCUT2D eigenvalue weighted by Gasteiger charge is -2.34. The van der Waals surface area contributed by atoms with Crippen LogP contribution in [0, 0.1) is 0 Å². The molecule has 0 aliphatic carbocycles. The number of hydrogen-bond donors (Lipinski definition) is 0. The molecule has 38 heavy (non-hydrogen) atoms. The number of sulfonamides is 1. The highest BCUT2D eigenvalue weighted by molar-refractivity contribution is 7.89. The summed E-state index contributed by atoms with van der Waals surface area (Å²) in [5, 5.41) is 0. The molecule has 206 valence electrons. The van der Waals surface area contributed by atoms with Crippen molar-refractivity contribution in [3.05, 3.63) is 53.6 Å². The summed E-state index contributed by atoms with van der Waals surface area (Å²) in [4.78, 5) is 29.1. The Morgan fingerprint density at radius 2 is 1.55 bits per heavy atom. The lowest BCUT2D eigenvalue weighted by atomic mass is 10.0. The van der Waals surface area contributed by atoms with Crippen LogP contribution >= 0.6 is 0 Å². The summed E-state index contributed by atoms with van der Waals surface area (Å²) in [6.07, 6.45) is 0. The minimum Gasteiger partial charge on any atom is -0.493 e. The molecule has 2 heterocycles. The third-order valence-electron chi connectivity index (χ3n) is 6.84. The molecule has 10 nitrogen and oxygen atoms in total. The molecule has 2 aromatic carbocycles. The van der Waals surface area contributed by atoms with E-state index in [1.807, 2.05) is 12.1 Å². The molecule has 2 amide bonds.